The molecule has 9 heteroatoms. The fourth-order valence-electron chi connectivity index (χ4n) is 1.80. The summed E-state index contributed by atoms with van der Waals surface area (Å²) in [4.78, 5) is 21.8. The van der Waals surface area contributed by atoms with Crippen LogP contribution in [0.4, 0.5) is 5.95 Å². The Morgan fingerprint density at radius 3 is 2.67 bits per heavy atom. The number of thioether (sulfide) groups is 2. The van der Waals surface area contributed by atoms with Crippen molar-refractivity contribution in [3.63, 3.8) is 0 Å². The number of anilines is 1. The van der Waals surface area contributed by atoms with Gasteiger partial charge in [0.2, 0.25) is 11.9 Å². The van der Waals surface area contributed by atoms with Crippen LogP contribution in [0.2, 0.25) is 0 Å². The van der Waals surface area contributed by atoms with Gasteiger partial charge in [-0.05, 0) is 6.26 Å². The lowest BCUT2D eigenvalue weighted by molar-refractivity contribution is -0.115. The molecule has 2 N–H and O–H groups in total. The van der Waals surface area contributed by atoms with Gasteiger partial charge in [0.25, 0.3) is 0 Å². The zero-order chi connectivity index (χ0) is 15.2. The highest BCUT2D eigenvalue weighted by Crippen LogP contribution is 2.29. The number of amides is 1. The minimum atomic E-state index is -0.443. The maximum Gasteiger partial charge on any atom is 0.227 e. The van der Waals surface area contributed by atoms with Crippen molar-refractivity contribution >= 4 is 35.4 Å². The number of morpholine rings is 1. The maximum atomic E-state index is 11.0. The summed E-state index contributed by atoms with van der Waals surface area (Å²) in [6.45, 7) is 2.67. The van der Waals surface area contributed by atoms with E-state index < -0.39 is 5.91 Å². The van der Waals surface area contributed by atoms with Gasteiger partial charge in [0, 0.05) is 13.1 Å². The second-order valence-electron chi connectivity index (χ2n) is 4.18. The highest BCUT2D eigenvalue weighted by molar-refractivity contribution is 8.00. The third-order valence-corrected chi connectivity index (χ3v) is 4.46. The predicted molar refractivity (Wildman–Crippen MR) is 81.5 cm³/mol. The van der Waals surface area contributed by atoms with Crippen LogP contribution < -0.4 is 10.6 Å². The number of nitrogens with two attached hydrogens (primary N) is 1. The molecule has 2 rings (SSSR count). The van der Waals surface area contributed by atoms with Crippen molar-refractivity contribution in [2.24, 2.45) is 5.73 Å². The van der Waals surface area contributed by atoms with E-state index in [-0.39, 0.29) is 5.75 Å². The van der Waals surface area contributed by atoms with Gasteiger partial charge in [-0.25, -0.2) is 9.97 Å². The monoisotopic (exact) mass is 325 g/mol. The number of aromatic nitrogens is 2. The summed E-state index contributed by atoms with van der Waals surface area (Å²) in [5.41, 5.74) is 5.56. The molecule has 0 saturated carbocycles. The SMILES string of the molecule is CSc1nc(N2CCOCC2)nc(SCC(N)=O)c1C#N. The van der Waals surface area contributed by atoms with E-state index >= 15 is 0 Å². The maximum absolute atomic E-state index is 11.0. The zero-order valence-corrected chi connectivity index (χ0v) is 13.2. The van der Waals surface area contributed by atoms with E-state index in [0.29, 0.717) is 47.9 Å². The van der Waals surface area contributed by atoms with Gasteiger partial charge in [0.1, 0.15) is 21.7 Å². The normalized spacial score (nSPS) is 14.8. The predicted octanol–water partition coefficient (Wildman–Crippen LogP) is 0.484. The van der Waals surface area contributed by atoms with Gasteiger partial charge in [-0.2, -0.15) is 5.26 Å². The van der Waals surface area contributed by atoms with Gasteiger partial charge in [0.05, 0.1) is 19.0 Å². The number of nitrogens with zero attached hydrogens (tertiary/aromatic N) is 4. The van der Waals surface area contributed by atoms with Crippen LogP contribution in [0.1, 0.15) is 5.56 Å². The Morgan fingerprint density at radius 2 is 2.10 bits per heavy atom. The van der Waals surface area contributed by atoms with Crippen LogP contribution >= 0.6 is 23.5 Å². The molecule has 1 fully saturated rings. The molecule has 1 saturated heterocycles. The van der Waals surface area contributed by atoms with Crippen LogP contribution in [0, 0.1) is 11.3 Å². The van der Waals surface area contributed by atoms with Crippen molar-refractivity contribution < 1.29 is 9.53 Å². The summed E-state index contributed by atoms with van der Waals surface area (Å²) in [5, 5.41) is 10.4. The molecule has 1 aliphatic heterocycles. The first-order valence-electron chi connectivity index (χ1n) is 6.25. The van der Waals surface area contributed by atoms with Crippen molar-refractivity contribution in [1.82, 2.24) is 9.97 Å². The Bertz CT molecular complexity index is 570. The molecular formula is C12H15N5O2S2. The van der Waals surface area contributed by atoms with Crippen LogP contribution in [0.5, 0.6) is 0 Å². The fraction of sp³-hybridized carbons (Fsp3) is 0.500. The summed E-state index contributed by atoms with van der Waals surface area (Å²) in [6, 6.07) is 2.11. The molecule has 0 aliphatic carbocycles. The highest BCUT2D eigenvalue weighted by Gasteiger charge is 2.20. The van der Waals surface area contributed by atoms with Crippen LogP contribution in [0.15, 0.2) is 10.1 Å². The van der Waals surface area contributed by atoms with E-state index in [1.54, 1.807) is 0 Å². The number of ether oxygens (including phenoxy) is 1. The van der Waals surface area contributed by atoms with E-state index in [1.807, 2.05) is 11.2 Å². The summed E-state index contributed by atoms with van der Waals surface area (Å²) in [6.07, 6.45) is 1.86. The Morgan fingerprint density at radius 1 is 1.43 bits per heavy atom. The largest absolute Gasteiger partial charge is 0.378 e. The highest BCUT2D eigenvalue weighted by atomic mass is 32.2. The molecule has 0 spiro atoms. The quantitative estimate of drug-likeness (QED) is 0.616. The Hall–Kier alpha value is -1.50. The van der Waals surface area contributed by atoms with Crippen molar-refractivity contribution in [2.75, 3.05) is 43.2 Å². The van der Waals surface area contributed by atoms with Crippen LogP contribution in [-0.2, 0) is 9.53 Å². The number of nitriles is 1. The molecule has 1 aliphatic rings. The molecule has 112 valence electrons. The number of hydrogen-bond acceptors (Lipinski definition) is 8. The van der Waals surface area contributed by atoms with E-state index in [4.69, 9.17) is 10.5 Å². The van der Waals surface area contributed by atoms with Gasteiger partial charge in [-0.3, -0.25) is 4.79 Å². The number of carbonyl (C=O) groups is 1. The first-order valence-corrected chi connectivity index (χ1v) is 8.46. The summed E-state index contributed by atoms with van der Waals surface area (Å²) in [5.74, 6) is 0.206. The van der Waals surface area contributed by atoms with E-state index in [9.17, 15) is 10.1 Å². The molecule has 1 amide bonds. The first kappa shape index (κ1) is 15.9. The lowest BCUT2D eigenvalue weighted by Gasteiger charge is -2.27. The summed E-state index contributed by atoms with van der Waals surface area (Å²) in [7, 11) is 0. The Balaban J connectivity index is 2.35. The van der Waals surface area contributed by atoms with Gasteiger partial charge in [-0.15, -0.1) is 11.8 Å². The van der Waals surface area contributed by atoms with Crippen LogP contribution in [0.3, 0.4) is 0 Å². The fourth-order valence-corrected chi connectivity index (χ4v) is 3.10. The molecule has 0 unspecified atom stereocenters. The number of hydrogen-bond donors (Lipinski definition) is 1. The molecule has 0 bridgehead atoms. The second kappa shape index (κ2) is 7.49. The molecule has 1 aromatic rings. The number of carbonyl (C=O) groups excluding carboxylic acids is 1. The smallest absolute Gasteiger partial charge is 0.227 e. The summed E-state index contributed by atoms with van der Waals surface area (Å²) >= 11 is 2.55. The number of primary amides is 1. The molecule has 0 atom stereocenters. The average molecular weight is 325 g/mol. The first-order chi connectivity index (χ1) is 10.2. The minimum absolute atomic E-state index is 0.0854. The molecule has 2 heterocycles. The molecule has 0 aromatic carbocycles. The van der Waals surface area contributed by atoms with Crippen molar-refractivity contribution in [2.45, 2.75) is 10.1 Å². The van der Waals surface area contributed by atoms with E-state index in [1.165, 1.54) is 23.5 Å². The van der Waals surface area contributed by atoms with Crippen LogP contribution in [-0.4, -0.2) is 54.2 Å². The molecule has 0 radical (unpaired) electrons. The van der Waals surface area contributed by atoms with Gasteiger partial charge >= 0.3 is 0 Å². The topological polar surface area (TPSA) is 105 Å². The third-order valence-electron chi connectivity index (χ3n) is 2.78. The zero-order valence-electron chi connectivity index (χ0n) is 11.5. The molecular weight excluding hydrogens is 310 g/mol. The average Bonchev–Trinajstić information content (AvgIpc) is 2.52. The van der Waals surface area contributed by atoms with Gasteiger partial charge in [0.15, 0.2) is 0 Å². The second-order valence-corrected chi connectivity index (χ2v) is 5.94. The minimum Gasteiger partial charge on any atom is -0.378 e. The lowest BCUT2D eigenvalue weighted by Crippen LogP contribution is -2.37. The van der Waals surface area contributed by atoms with Gasteiger partial charge in [-0.1, -0.05) is 11.8 Å². The molecule has 21 heavy (non-hydrogen) atoms. The number of rotatable bonds is 5. The van der Waals surface area contributed by atoms with Crippen molar-refractivity contribution in [3.8, 4) is 6.07 Å². The van der Waals surface area contributed by atoms with E-state index in [0.717, 1.165) is 0 Å². The molecule has 1 aromatic heterocycles. The van der Waals surface area contributed by atoms with Crippen LogP contribution in [0.25, 0.3) is 0 Å². The van der Waals surface area contributed by atoms with Crippen molar-refractivity contribution in [1.29, 1.82) is 5.26 Å². The third kappa shape index (κ3) is 4.00. The lowest BCUT2D eigenvalue weighted by atomic mass is 10.4. The standard InChI is InChI=1S/C12H15N5O2S2/c1-20-10-8(6-13)11(21-7-9(14)18)16-12(15-10)17-2-4-19-5-3-17/h2-5,7H2,1H3,(H2,14,18). The van der Waals surface area contributed by atoms with Crippen molar-refractivity contribution in [3.05, 3.63) is 5.56 Å². The Labute approximate surface area is 131 Å². The Kier molecular flexibility index (Phi) is 5.67. The molecule has 7 nitrogen and oxygen atoms in total. The van der Waals surface area contributed by atoms with Gasteiger partial charge < -0.3 is 15.4 Å². The summed E-state index contributed by atoms with van der Waals surface area (Å²) < 4.78 is 5.31. The van der Waals surface area contributed by atoms with E-state index in [2.05, 4.69) is 16.0 Å².